The van der Waals surface area contributed by atoms with Gasteiger partial charge in [-0.2, -0.15) is 0 Å². The molecule has 0 radical (unpaired) electrons. The number of nitrogens with two attached hydrogens (primary N) is 1. The first-order chi connectivity index (χ1) is 6.72. The van der Waals surface area contributed by atoms with E-state index in [9.17, 15) is 4.39 Å². The minimum absolute atomic E-state index is 0.00875. The number of methoxy groups -OCH3 is 1. The quantitative estimate of drug-likeness (QED) is 0.802. The van der Waals surface area contributed by atoms with Gasteiger partial charge in [0.2, 0.25) is 0 Å². The summed E-state index contributed by atoms with van der Waals surface area (Å²) >= 11 is 0. The van der Waals surface area contributed by atoms with Gasteiger partial charge in [0.15, 0.2) is 0 Å². The summed E-state index contributed by atoms with van der Waals surface area (Å²) < 4.78 is 18.0. The average molecular weight is 195 g/mol. The van der Waals surface area contributed by atoms with Gasteiger partial charge in [0.1, 0.15) is 11.6 Å². The van der Waals surface area contributed by atoms with Crippen molar-refractivity contribution < 1.29 is 9.13 Å². The lowest BCUT2D eigenvalue weighted by Gasteiger charge is -2.14. The molecular weight excluding hydrogens is 181 g/mol. The van der Waals surface area contributed by atoms with Crippen LogP contribution in [0, 0.1) is 11.7 Å². The number of hydrogen-bond acceptors (Lipinski definition) is 2. The standard InChI is InChI=1S/C11H14FNO/c1-14-10-6-8(12)4-5-9(10)11(13)7-2-3-7/h4-7,11H,2-3,13H2,1H3/t11-/m0/s1. The van der Waals surface area contributed by atoms with Gasteiger partial charge in [0, 0.05) is 17.7 Å². The molecule has 76 valence electrons. The second-order valence-corrected chi connectivity index (χ2v) is 3.75. The van der Waals surface area contributed by atoms with Crippen molar-refractivity contribution in [3.05, 3.63) is 29.6 Å². The fourth-order valence-electron chi connectivity index (χ4n) is 1.67. The van der Waals surface area contributed by atoms with Crippen molar-refractivity contribution in [1.82, 2.24) is 0 Å². The Morgan fingerprint density at radius 1 is 1.50 bits per heavy atom. The molecule has 14 heavy (non-hydrogen) atoms. The molecule has 0 aliphatic heterocycles. The average Bonchev–Trinajstić information content (AvgIpc) is 3.00. The molecule has 1 saturated carbocycles. The van der Waals surface area contributed by atoms with Gasteiger partial charge in [-0.05, 0) is 24.8 Å². The lowest BCUT2D eigenvalue weighted by atomic mass is 10.0. The summed E-state index contributed by atoms with van der Waals surface area (Å²) in [5.74, 6) is 0.826. The van der Waals surface area contributed by atoms with E-state index in [4.69, 9.17) is 10.5 Å². The van der Waals surface area contributed by atoms with E-state index < -0.39 is 0 Å². The van der Waals surface area contributed by atoms with Crippen LogP contribution in [0.3, 0.4) is 0 Å². The molecule has 0 aromatic heterocycles. The fraction of sp³-hybridized carbons (Fsp3) is 0.455. The number of hydrogen-bond donors (Lipinski definition) is 1. The highest BCUT2D eigenvalue weighted by molar-refractivity contribution is 5.37. The molecule has 0 saturated heterocycles. The van der Waals surface area contributed by atoms with Gasteiger partial charge in [-0.1, -0.05) is 6.07 Å². The number of halogens is 1. The second-order valence-electron chi connectivity index (χ2n) is 3.75. The molecule has 3 heteroatoms. The van der Waals surface area contributed by atoms with E-state index in [1.807, 2.05) is 0 Å². The number of ether oxygens (including phenoxy) is 1. The molecule has 2 nitrogen and oxygen atoms in total. The molecule has 1 aromatic rings. The molecule has 0 bridgehead atoms. The first kappa shape index (κ1) is 9.46. The zero-order valence-electron chi connectivity index (χ0n) is 8.16. The van der Waals surface area contributed by atoms with E-state index in [0.717, 1.165) is 5.56 Å². The monoisotopic (exact) mass is 195 g/mol. The Bertz CT molecular complexity index is 336. The Morgan fingerprint density at radius 3 is 2.79 bits per heavy atom. The maximum atomic E-state index is 12.9. The molecular formula is C11H14FNO. The maximum absolute atomic E-state index is 12.9. The highest BCUT2D eigenvalue weighted by Gasteiger charge is 2.31. The summed E-state index contributed by atoms with van der Waals surface area (Å²) in [7, 11) is 1.54. The van der Waals surface area contributed by atoms with Crippen LogP contribution in [0.2, 0.25) is 0 Å². The van der Waals surface area contributed by atoms with Crippen LogP contribution in [-0.4, -0.2) is 7.11 Å². The lowest BCUT2D eigenvalue weighted by molar-refractivity contribution is 0.399. The Morgan fingerprint density at radius 2 is 2.21 bits per heavy atom. The normalized spacial score (nSPS) is 17.9. The van der Waals surface area contributed by atoms with Crippen LogP contribution < -0.4 is 10.5 Å². The lowest BCUT2D eigenvalue weighted by Crippen LogP contribution is -2.13. The predicted octanol–water partition coefficient (Wildman–Crippen LogP) is 2.24. The number of benzene rings is 1. The van der Waals surface area contributed by atoms with Crippen LogP contribution in [-0.2, 0) is 0 Å². The van der Waals surface area contributed by atoms with Gasteiger partial charge in [-0.3, -0.25) is 0 Å². The van der Waals surface area contributed by atoms with E-state index in [0.29, 0.717) is 11.7 Å². The van der Waals surface area contributed by atoms with Crippen LogP contribution in [0.25, 0.3) is 0 Å². The van der Waals surface area contributed by atoms with Crippen molar-refractivity contribution in [2.24, 2.45) is 11.7 Å². The van der Waals surface area contributed by atoms with Crippen molar-refractivity contribution in [3.8, 4) is 5.75 Å². The fourth-order valence-corrected chi connectivity index (χ4v) is 1.67. The Hall–Kier alpha value is -1.09. The Balaban J connectivity index is 2.30. The smallest absolute Gasteiger partial charge is 0.126 e. The molecule has 1 atom stereocenters. The molecule has 0 heterocycles. The van der Waals surface area contributed by atoms with Crippen molar-refractivity contribution in [2.75, 3.05) is 7.11 Å². The SMILES string of the molecule is COc1cc(F)ccc1[C@@H](N)C1CC1. The van der Waals surface area contributed by atoms with Crippen molar-refractivity contribution in [1.29, 1.82) is 0 Å². The van der Waals surface area contributed by atoms with Gasteiger partial charge in [0.25, 0.3) is 0 Å². The zero-order chi connectivity index (χ0) is 10.1. The van der Waals surface area contributed by atoms with Crippen LogP contribution in [0.15, 0.2) is 18.2 Å². The van der Waals surface area contributed by atoms with E-state index in [1.54, 1.807) is 6.07 Å². The first-order valence-corrected chi connectivity index (χ1v) is 4.81. The van der Waals surface area contributed by atoms with E-state index in [1.165, 1.54) is 32.1 Å². The predicted molar refractivity (Wildman–Crippen MR) is 52.6 cm³/mol. The first-order valence-electron chi connectivity index (χ1n) is 4.81. The molecule has 2 rings (SSSR count). The maximum Gasteiger partial charge on any atom is 0.126 e. The van der Waals surface area contributed by atoms with Crippen molar-refractivity contribution in [3.63, 3.8) is 0 Å². The third-order valence-electron chi connectivity index (χ3n) is 2.68. The van der Waals surface area contributed by atoms with E-state index >= 15 is 0 Å². The van der Waals surface area contributed by atoms with Gasteiger partial charge in [-0.15, -0.1) is 0 Å². The molecule has 2 N–H and O–H groups in total. The van der Waals surface area contributed by atoms with Crippen LogP contribution >= 0.6 is 0 Å². The third-order valence-corrected chi connectivity index (χ3v) is 2.68. The molecule has 1 fully saturated rings. The van der Waals surface area contributed by atoms with Crippen LogP contribution in [0.5, 0.6) is 5.75 Å². The van der Waals surface area contributed by atoms with Gasteiger partial charge in [0.05, 0.1) is 7.11 Å². The number of rotatable bonds is 3. The molecule has 1 aromatic carbocycles. The summed E-state index contributed by atoms with van der Waals surface area (Å²) in [6.45, 7) is 0. The van der Waals surface area contributed by atoms with Crippen molar-refractivity contribution in [2.45, 2.75) is 18.9 Å². The van der Waals surface area contributed by atoms with Crippen molar-refractivity contribution >= 4 is 0 Å². The third kappa shape index (κ3) is 1.73. The summed E-state index contributed by atoms with van der Waals surface area (Å²) in [5, 5.41) is 0. The highest BCUT2D eigenvalue weighted by atomic mass is 19.1. The summed E-state index contributed by atoms with van der Waals surface area (Å²) in [5.41, 5.74) is 6.94. The van der Waals surface area contributed by atoms with E-state index in [2.05, 4.69) is 0 Å². The largest absolute Gasteiger partial charge is 0.496 e. The molecule has 0 spiro atoms. The molecule has 1 aliphatic carbocycles. The molecule has 1 aliphatic rings. The Labute approximate surface area is 82.9 Å². The highest BCUT2D eigenvalue weighted by Crippen LogP contribution is 2.42. The molecule has 0 amide bonds. The second kappa shape index (κ2) is 3.58. The minimum atomic E-state index is -0.284. The summed E-state index contributed by atoms with van der Waals surface area (Å²) in [6, 6.07) is 4.53. The minimum Gasteiger partial charge on any atom is -0.496 e. The summed E-state index contributed by atoms with van der Waals surface area (Å²) in [4.78, 5) is 0. The topological polar surface area (TPSA) is 35.2 Å². The van der Waals surface area contributed by atoms with Gasteiger partial charge in [-0.25, -0.2) is 4.39 Å². The van der Waals surface area contributed by atoms with Crippen LogP contribution in [0.1, 0.15) is 24.4 Å². The Kier molecular flexibility index (Phi) is 2.42. The zero-order valence-corrected chi connectivity index (χ0v) is 8.16. The van der Waals surface area contributed by atoms with Gasteiger partial charge >= 0.3 is 0 Å². The molecule has 0 unspecified atom stereocenters. The van der Waals surface area contributed by atoms with Crippen LogP contribution in [0.4, 0.5) is 4.39 Å². The van der Waals surface area contributed by atoms with Gasteiger partial charge < -0.3 is 10.5 Å². The summed E-state index contributed by atoms with van der Waals surface area (Å²) in [6.07, 6.45) is 2.34. The van der Waals surface area contributed by atoms with E-state index in [-0.39, 0.29) is 11.9 Å².